The predicted molar refractivity (Wildman–Crippen MR) is 147 cm³/mol. The highest BCUT2D eigenvalue weighted by atomic mass is 32.2. The number of hydrogen-bond donors (Lipinski definition) is 0. The second-order valence-electron chi connectivity index (χ2n) is 10.4. The maximum absolute atomic E-state index is 13.6. The van der Waals surface area contributed by atoms with Crippen LogP contribution in [0.2, 0.25) is 0 Å². The molecule has 0 saturated heterocycles. The Balaban J connectivity index is 1.72. The first-order chi connectivity index (χ1) is 17.4. The molecule has 3 heterocycles. The van der Waals surface area contributed by atoms with Gasteiger partial charge in [-0.05, 0) is 68.3 Å². The molecule has 10 heteroatoms. The van der Waals surface area contributed by atoms with E-state index in [1.54, 1.807) is 23.8 Å². The molecule has 202 valence electrons. The summed E-state index contributed by atoms with van der Waals surface area (Å²) < 4.78 is 41.0. The van der Waals surface area contributed by atoms with Crippen LogP contribution in [0.5, 0.6) is 11.5 Å². The molecule has 0 N–H and O–H groups in total. The third-order valence-electron chi connectivity index (χ3n) is 6.79. The minimum atomic E-state index is -3.48. The molecule has 4 rings (SSSR count). The second kappa shape index (κ2) is 10.7. The maximum atomic E-state index is 13.6. The van der Waals surface area contributed by atoms with Crippen LogP contribution in [-0.4, -0.2) is 63.0 Å². The van der Waals surface area contributed by atoms with Gasteiger partial charge in [0.1, 0.15) is 5.69 Å². The predicted octanol–water partition coefficient (Wildman–Crippen LogP) is 5.03. The smallest absolute Gasteiger partial charge is 0.270 e. The molecule has 2 aliphatic rings. The van der Waals surface area contributed by atoms with Crippen molar-refractivity contribution in [3.8, 4) is 22.8 Å². The fourth-order valence-corrected chi connectivity index (χ4v) is 5.95. The molecule has 1 amide bonds. The van der Waals surface area contributed by atoms with Crippen LogP contribution in [0.1, 0.15) is 60.5 Å². The normalized spacial score (nSPS) is 16.9. The van der Waals surface area contributed by atoms with Crippen molar-refractivity contribution in [3.63, 3.8) is 0 Å². The monoisotopic (exact) mass is 548 g/mol. The fourth-order valence-electron chi connectivity index (χ4n) is 4.57. The highest BCUT2D eigenvalue weighted by Gasteiger charge is 2.33. The van der Waals surface area contributed by atoms with E-state index in [0.29, 0.717) is 30.2 Å². The summed E-state index contributed by atoms with van der Waals surface area (Å²) in [6.07, 6.45) is 5.30. The van der Waals surface area contributed by atoms with E-state index < -0.39 is 10.1 Å². The summed E-state index contributed by atoms with van der Waals surface area (Å²) in [6, 6.07) is 6.09. The third kappa shape index (κ3) is 6.02. The second-order valence-corrected chi connectivity index (χ2v) is 13.1. The van der Waals surface area contributed by atoms with Gasteiger partial charge in [-0.2, -0.15) is 8.42 Å². The standard InChI is InChI=1S/C27H36N2O6S2/c1-27(2,3)28(4)26(30)21-16-20(24-9-7-14-36-24)25-19-17-23(34-12-8-13-35-37(6,31)32)22(33-5)15-18(19)10-11-29(21)25/h7,14-17,24H,8-13H2,1-6H3. The first kappa shape index (κ1) is 27.6. The quantitative estimate of drug-likeness (QED) is 0.321. The number of nitrogens with zero attached hydrogens (tertiary/aromatic N) is 2. The lowest BCUT2D eigenvalue weighted by molar-refractivity contribution is 0.0644. The number of benzene rings is 1. The molecule has 1 atom stereocenters. The number of ether oxygens (including phenoxy) is 2. The van der Waals surface area contributed by atoms with Gasteiger partial charge in [0, 0.05) is 36.4 Å². The van der Waals surface area contributed by atoms with Crippen molar-refractivity contribution in [2.24, 2.45) is 0 Å². The number of thioether (sulfide) groups is 1. The van der Waals surface area contributed by atoms with Crippen molar-refractivity contribution < 1.29 is 26.9 Å². The highest BCUT2D eigenvalue weighted by molar-refractivity contribution is 8.02. The van der Waals surface area contributed by atoms with Gasteiger partial charge in [0.25, 0.3) is 16.0 Å². The van der Waals surface area contributed by atoms with Crippen molar-refractivity contribution in [2.45, 2.75) is 57.4 Å². The van der Waals surface area contributed by atoms with Gasteiger partial charge in [0.15, 0.2) is 11.5 Å². The Bertz CT molecular complexity index is 1300. The summed E-state index contributed by atoms with van der Waals surface area (Å²) in [6.45, 7) is 7.15. The zero-order valence-electron chi connectivity index (χ0n) is 22.4. The van der Waals surface area contributed by atoms with E-state index in [1.165, 1.54) is 0 Å². The Morgan fingerprint density at radius 1 is 1.19 bits per heavy atom. The van der Waals surface area contributed by atoms with E-state index in [9.17, 15) is 13.2 Å². The minimum absolute atomic E-state index is 0.00951. The molecular weight excluding hydrogens is 512 g/mol. The first-order valence-electron chi connectivity index (χ1n) is 12.4. The number of rotatable bonds is 9. The first-order valence-corrected chi connectivity index (χ1v) is 15.2. The zero-order valence-corrected chi connectivity index (χ0v) is 24.0. The minimum Gasteiger partial charge on any atom is -0.493 e. The van der Waals surface area contributed by atoms with Gasteiger partial charge in [-0.15, -0.1) is 11.8 Å². The molecule has 1 aromatic heterocycles. The van der Waals surface area contributed by atoms with E-state index in [4.69, 9.17) is 13.7 Å². The number of aromatic nitrogens is 1. The zero-order chi connectivity index (χ0) is 27.0. The molecule has 2 aliphatic heterocycles. The van der Waals surface area contributed by atoms with Gasteiger partial charge in [0.2, 0.25) is 0 Å². The van der Waals surface area contributed by atoms with Gasteiger partial charge in [0.05, 0.1) is 32.3 Å². The number of aryl methyl sites for hydroxylation is 1. The molecule has 0 spiro atoms. The van der Waals surface area contributed by atoms with Gasteiger partial charge >= 0.3 is 0 Å². The van der Waals surface area contributed by atoms with E-state index in [1.807, 2.05) is 40.0 Å². The highest BCUT2D eigenvalue weighted by Crippen LogP contribution is 2.48. The lowest BCUT2D eigenvalue weighted by Gasteiger charge is -2.33. The van der Waals surface area contributed by atoms with Crippen molar-refractivity contribution in [1.82, 2.24) is 9.47 Å². The summed E-state index contributed by atoms with van der Waals surface area (Å²) in [7, 11) is -0.0165. The summed E-state index contributed by atoms with van der Waals surface area (Å²) in [5, 5.41) is 2.37. The molecule has 0 saturated carbocycles. The molecule has 0 bridgehead atoms. The van der Waals surface area contributed by atoms with Gasteiger partial charge in [-0.25, -0.2) is 0 Å². The molecule has 1 unspecified atom stereocenters. The Labute approximate surface area is 224 Å². The Morgan fingerprint density at radius 2 is 1.95 bits per heavy atom. The van der Waals surface area contributed by atoms with Crippen molar-refractivity contribution in [2.75, 3.05) is 33.6 Å². The molecule has 0 radical (unpaired) electrons. The number of fused-ring (bicyclic) bond motifs is 3. The number of carbonyl (C=O) groups is 1. The van der Waals surface area contributed by atoms with Crippen molar-refractivity contribution in [1.29, 1.82) is 0 Å². The lowest BCUT2D eigenvalue weighted by Crippen LogP contribution is -2.43. The topological polar surface area (TPSA) is 87.1 Å². The van der Waals surface area contributed by atoms with Gasteiger partial charge < -0.3 is 18.9 Å². The molecule has 1 aromatic carbocycles. The number of hydrogen-bond acceptors (Lipinski definition) is 7. The van der Waals surface area contributed by atoms with Crippen LogP contribution in [0, 0.1) is 0 Å². The number of carbonyl (C=O) groups excluding carboxylic acids is 1. The summed E-state index contributed by atoms with van der Waals surface area (Å²) in [4.78, 5) is 15.4. The van der Waals surface area contributed by atoms with Crippen molar-refractivity contribution >= 4 is 27.8 Å². The average molecular weight is 549 g/mol. The van der Waals surface area contributed by atoms with Crippen LogP contribution in [0.4, 0.5) is 0 Å². The Kier molecular flexibility index (Phi) is 8.02. The fraction of sp³-hybridized carbons (Fsp3) is 0.519. The summed E-state index contributed by atoms with van der Waals surface area (Å²) >= 11 is 1.78. The van der Waals surface area contributed by atoms with Crippen LogP contribution >= 0.6 is 11.8 Å². The van der Waals surface area contributed by atoms with Crippen LogP contribution < -0.4 is 9.47 Å². The number of methoxy groups -OCH3 is 1. The molecule has 37 heavy (non-hydrogen) atoms. The summed E-state index contributed by atoms with van der Waals surface area (Å²) in [5.74, 6) is 1.22. The molecule has 0 fully saturated rings. The average Bonchev–Trinajstić information content (AvgIpc) is 3.49. The lowest BCUT2D eigenvalue weighted by atomic mass is 9.94. The Hall–Kier alpha value is -2.43. The molecule has 8 nitrogen and oxygen atoms in total. The van der Waals surface area contributed by atoms with E-state index in [0.717, 1.165) is 41.5 Å². The molecular formula is C27H36N2O6S2. The van der Waals surface area contributed by atoms with Crippen LogP contribution in [-0.2, 0) is 27.3 Å². The van der Waals surface area contributed by atoms with E-state index >= 15 is 0 Å². The third-order valence-corrected chi connectivity index (χ3v) is 8.50. The molecule has 2 aromatic rings. The van der Waals surface area contributed by atoms with E-state index in [-0.39, 0.29) is 29.9 Å². The number of allylic oxidation sites excluding steroid dienone is 1. The number of amides is 1. The van der Waals surface area contributed by atoms with Crippen LogP contribution in [0.15, 0.2) is 29.7 Å². The van der Waals surface area contributed by atoms with Gasteiger partial charge in [-0.3, -0.25) is 8.98 Å². The molecule has 0 aliphatic carbocycles. The Morgan fingerprint density at radius 3 is 2.57 bits per heavy atom. The van der Waals surface area contributed by atoms with Crippen molar-refractivity contribution in [3.05, 3.63) is 46.5 Å². The van der Waals surface area contributed by atoms with Crippen LogP contribution in [0.25, 0.3) is 11.3 Å². The maximum Gasteiger partial charge on any atom is 0.270 e. The SMILES string of the molecule is COc1cc2c(cc1OCCCOS(C)(=O)=O)-c1c(C3CC=CS3)cc(C(=O)N(C)C(C)(C)C)n1CC2. The largest absolute Gasteiger partial charge is 0.493 e. The van der Waals surface area contributed by atoms with E-state index in [2.05, 4.69) is 22.1 Å². The summed E-state index contributed by atoms with van der Waals surface area (Å²) in [5.41, 5.74) is 4.80. The van der Waals surface area contributed by atoms with Gasteiger partial charge in [-0.1, -0.05) is 6.08 Å². The van der Waals surface area contributed by atoms with Crippen LogP contribution in [0.3, 0.4) is 0 Å².